The van der Waals surface area contributed by atoms with Gasteiger partial charge in [-0.05, 0) is 25.1 Å². The molecule has 1 N–H and O–H groups in total. The highest BCUT2D eigenvalue weighted by atomic mass is 19.1. The summed E-state index contributed by atoms with van der Waals surface area (Å²) in [7, 11) is 0. The average molecular weight is 249 g/mol. The van der Waals surface area contributed by atoms with E-state index < -0.39 is 0 Å². The van der Waals surface area contributed by atoms with Crippen LogP contribution in [0.25, 0.3) is 0 Å². The van der Waals surface area contributed by atoms with E-state index in [0.29, 0.717) is 23.7 Å². The molecule has 0 radical (unpaired) electrons. The molecule has 0 aliphatic carbocycles. The zero-order chi connectivity index (χ0) is 13.0. The molecule has 0 saturated carbocycles. The maximum atomic E-state index is 13.5. The molecule has 0 aliphatic rings. The van der Waals surface area contributed by atoms with Crippen molar-refractivity contribution in [3.05, 3.63) is 47.4 Å². The van der Waals surface area contributed by atoms with Crippen molar-refractivity contribution in [1.29, 1.82) is 0 Å². The van der Waals surface area contributed by atoms with Gasteiger partial charge in [0, 0.05) is 6.42 Å². The number of hydrogen-bond donors (Lipinski definition) is 1. The van der Waals surface area contributed by atoms with Gasteiger partial charge in [0.25, 0.3) is 0 Å². The Morgan fingerprint density at radius 2 is 2.17 bits per heavy atom. The summed E-state index contributed by atoms with van der Waals surface area (Å²) in [4.78, 5) is 4.26. The van der Waals surface area contributed by atoms with Gasteiger partial charge >= 0.3 is 0 Å². The van der Waals surface area contributed by atoms with Crippen molar-refractivity contribution in [2.75, 3.05) is 6.54 Å². The number of aromatic nitrogens is 2. The first-order chi connectivity index (χ1) is 8.70. The van der Waals surface area contributed by atoms with Gasteiger partial charge in [-0.1, -0.05) is 30.3 Å². The topological polar surface area (TPSA) is 51.0 Å². The summed E-state index contributed by atoms with van der Waals surface area (Å²) in [5.41, 5.74) is 0.570. The molecule has 4 nitrogen and oxygen atoms in total. The molecule has 0 spiro atoms. The van der Waals surface area contributed by atoms with Crippen molar-refractivity contribution in [3.8, 4) is 0 Å². The maximum Gasteiger partial charge on any atom is 0.243 e. The molecule has 1 aromatic heterocycles. The fourth-order valence-electron chi connectivity index (χ4n) is 1.72. The van der Waals surface area contributed by atoms with Crippen molar-refractivity contribution < 1.29 is 8.91 Å². The van der Waals surface area contributed by atoms with Crippen LogP contribution in [0.2, 0.25) is 0 Å². The summed E-state index contributed by atoms with van der Waals surface area (Å²) in [6.07, 6.45) is 0.342. The summed E-state index contributed by atoms with van der Waals surface area (Å²) in [5.74, 6) is 0.784. The second kappa shape index (κ2) is 5.73. The Morgan fingerprint density at radius 3 is 2.89 bits per heavy atom. The zero-order valence-corrected chi connectivity index (χ0v) is 10.5. The van der Waals surface area contributed by atoms with Crippen LogP contribution in [-0.2, 0) is 6.42 Å². The Labute approximate surface area is 105 Å². The maximum absolute atomic E-state index is 13.5. The van der Waals surface area contributed by atoms with Crippen LogP contribution in [0.3, 0.4) is 0 Å². The largest absolute Gasteiger partial charge is 0.338 e. The smallest absolute Gasteiger partial charge is 0.243 e. The second-order valence-corrected chi connectivity index (χ2v) is 4.10. The van der Waals surface area contributed by atoms with Crippen molar-refractivity contribution in [3.63, 3.8) is 0 Å². The van der Waals surface area contributed by atoms with E-state index in [-0.39, 0.29) is 11.9 Å². The van der Waals surface area contributed by atoms with Gasteiger partial charge in [0.05, 0.1) is 6.04 Å². The minimum Gasteiger partial charge on any atom is -0.338 e. The molecule has 0 saturated heterocycles. The van der Waals surface area contributed by atoms with Gasteiger partial charge in [-0.2, -0.15) is 4.98 Å². The molecule has 1 aromatic carbocycles. The Morgan fingerprint density at radius 1 is 1.39 bits per heavy atom. The molecule has 0 amide bonds. The van der Waals surface area contributed by atoms with Crippen LogP contribution in [0, 0.1) is 5.82 Å². The van der Waals surface area contributed by atoms with Crippen molar-refractivity contribution in [2.45, 2.75) is 26.3 Å². The number of nitrogens with one attached hydrogen (secondary N) is 1. The minimum absolute atomic E-state index is 0.0110. The van der Waals surface area contributed by atoms with Crippen LogP contribution in [0.5, 0.6) is 0 Å². The van der Waals surface area contributed by atoms with E-state index in [1.807, 2.05) is 13.8 Å². The summed E-state index contributed by atoms with van der Waals surface area (Å²) in [6, 6.07) is 6.61. The molecular formula is C13H16FN3O. The lowest BCUT2D eigenvalue weighted by Crippen LogP contribution is -2.17. The summed E-state index contributed by atoms with van der Waals surface area (Å²) in [5, 5.41) is 7.04. The fraction of sp³-hybridized carbons (Fsp3) is 0.385. The molecule has 18 heavy (non-hydrogen) atoms. The number of hydrogen-bond acceptors (Lipinski definition) is 4. The van der Waals surface area contributed by atoms with Gasteiger partial charge in [-0.3, -0.25) is 0 Å². The molecule has 0 aliphatic heterocycles. The first kappa shape index (κ1) is 12.7. The lowest BCUT2D eigenvalue weighted by atomic mass is 10.1. The van der Waals surface area contributed by atoms with Gasteiger partial charge in [-0.15, -0.1) is 0 Å². The molecule has 2 aromatic rings. The normalized spacial score (nSPS) is 12.6. The quantitative estimate of drug-likeness (QED) is 0.884. The van der Waals surface area contributed by atoms with Gasteiger partial charge in [-0.25, -0.2) is 4.39 Å². The van der Waals surface area contributed by atoms with E-state index in [1.54, 1.807) is 18.2 Å². The van der Waals surface area contributed by atoms with Crippen LogP contribution in [0.15, 0.2) is 28.8 Å². The molecule has 5 heteroatoms. The zero-order valence-electron chi connectivity index (χ0n) is 10.5. The predicted octanol–water partition coefficient (Wildman–Crippen LogP) is 2.47. The fourth-order valence-corrected chi connectivity index (χ4v) is 1.72. The third kappa shape index (κ3) is 2.92. The SMILES string of the molecule is CCNC(C)c1nc(Cc2ccccc2F)no1. The van der Waals surface area contributed by atoms with E-state index in [9.17, 15) is 4.39 Å². The highest BCUT2D eigenvalue weighted by Crippen LogP contribution is 2.14. The van der Waals surface area contributed by atoms with E-state index >= 15 is 0 Å². The molecule has 1 heterocycles. The van der Waals surface area contributed by atoms with Gasteiger partial charge in [0.1, 0.15) is 5.82 Å². The lowest BCUT2D eigenvalue weighted by molar-refractivity contribution is 0.339. The van der Waals surface area contributed by atoms with Gasteiger partial charge < -0.3 is 9.84 Å². The second-order valence-electron chi connectivity index (χ2n) is 4.10. The van der Waals surface area contributed by atoms with Crippen molar-refractivity contribution in [2.24, 2.45) is 0 Å². The Hall–Kier alpha value is -1.75. The lowest BCUT2D eigenvalue weighted by Gasteiger charge is -2.05. The third-order valence-corrected chi connectivity index (χ3v) is 2.67. The molecule has 1 unspecified atom stereocenters. The van der Waals surface area contributed by atoms with Crippen molar-refractivity contribution >= 4 is 0 Å². The first-order valence-corrected chi connectivity index (χ1v) is 6.00. The molecule has 96 valence electrons. The highest BCUT2D eigenvalue weighted by Gasteiger charge is 2.14. The van der Waals surface area contributed by atoms with Crippen LogP contribution in [0.1, 0.15) is 37.2 Å². The molecule has 2 rings (SSSR count). The molecule has 0 fully saturated rings. The Balaban J connectivity index is 2.09. The number of nitrogens with zero attached hydrogens (tertiary/aromatic N) is 2. The van der Waals surface area contributed by atoms with E-state index in [4.69, 9.17) is 4.52 Å². The highest BCUT2D eigenvalue weighted by molar-refractivity contribution is 5.20. The Bertz CT molecular complexity index is 512. The van der Waals surface area contributed by atoms with Crippen LogP contribution < -0.4 is 5.32 Å². The van der Waals surface area contributed by atoms with E-state index in [0.717, 1.165) is 6.54 Å². The third-order valence-electron chi connectivity index (χ3n) is 2.67. The number of benzene rings is 1. The minimum atomic E-state index is -0.247. The van der Waals surface area contributed by atoms with Gasteiger partial charge in [0.2, 0.25) is 5.89 Å². The first-order valence-electron chi connectivity index (χ1n) is 6.00. The number of rotatable bonds is 5. The van der Waals surface area contributed by atoms with Gasteiger partial charge in [0.15, 0.2) is 5.82 Å². The molecule has 1 atom stereocenters. The van der Waals surface area contributed by atoms with Crippen LogP contribution in [0.4, 0.5) is 4.39 Å². The molecular weight excluding hydrogens is 233 g/mol. The van der Waals surface area contributed by atoms with Crippen LogP contribution >= 0.6 is 0 Å². The van der Waals surface area contributed by atoms with E-state index in [2.05, 4.69) is 15.5 Å². The number of halogens is 1. The monoisotopic (exact) mass is 249 g/mol. The summed E-state index contributed by atoms with van der Waals surface area (Å²) in [6.45, 7) is 4.78. The van der Waals surface area contributed by atoms with E-state index in [1.165, 1.54) is 6.07 Å². The Kier molecular flexibility index (Phi) is 4.04. The average Bonchev–Trinajstić information content (AvgIpc) is 2.81. The standard InChI is InChI=1S/C13H16FN3O/c1-3-15-9(2)13-16-12(17-18-13)8-10-6-4-5-7-11(10)14/h4-7,9,15H,3,8H2,1-2H3. The molecule has 0 bridgehead atoms. The van der Waals surface area contributed by atoms with Crippen LogP contribution in [-0.4, -0.2) is 16.7 Å². The van der Waals surface area contributed by atoms with Crippen molar-refractivity contribution in [1.82, 2.24) is 15.5 Å². The summed E-state index contributed by atoms with van der Waals surface area (Å²) < 4.78 is 18.6. The summed E-state index contributed by atoms with van der Waals surface area (Å²) >= 11 is 0. The predicted molar refractivity (Wildman–Crippen MR) is 65.6 cm³/mol.